The molecule has 7 atom stereocenters. The van der Waals surface area contributed by atoms with Crippen molar-refractivity contribution in [1.82, 2.24) is 0 Å². The zero-order valence-corrected chi connectivity index (χ0v) is 15.7. The van der Waals surface area contributed by atoms with Crippen molar-refractivity contribution in [2.24, 2.45) is 22.2 Å². The van der Waals surface area contributed by atoms with E-state index in [0.29, 0.717) is 12.8 Å². The van der Waals surface area contributed by atoms with Gasteiger partial charge in [-0.3, -0.25) is 4.79 Å². The van der Waals surface area contributed by atoms with Gasteiger partial charge in [-0.2, -0.15) is 0 Å². The highest BCUT2D eigenvalue weighted by atomic mass is 16.6. The fraction of sp³-hybridized carbons (Fsp3) is 0.950. The highest BCUT2D eigenvalue weighted by molar-refractivity contribution is 5.75. The lowest BCUT2D eigenvalue weighted by molar-refractivity contribution is -0.173. The lowest BCUT2D eigenvalue weighted by Gasteiger charge is -2.59. The normalized spacial score (nSPS) is 57.2. The maximum Gasteiger partial charge on any atom is 0.309 e. The number of aliphatic hydroxyl groups excluding tert-OH is 2. The number of carboxylic acids is 1. The van der Waals surface area contributed by atoms with Crippen LogP contribution >= 0.6 is 0 Å². The van der Waals surface area contributed by atoms with Crippen molar-refractivity contribution in [1.29, 1.82) is 0 Å². The van der Waals surface area contributed by atoms with Crippen molar-refractivity contribution < 1.29 is 24.9 Å². The summed E-state index contributed by atoms with van der Waals surface area (Å²) in [5, 5.41) is 30.5. The van der Waals surface area contributed by atoms with E-state index < -0.39 is 23.1 Å². The third-order valence-electron chi connectivity index (χ3n) is 8.82. The first-order chi connectivity index (χ1) is 11.6. The summed E-state index contributed by atoms with van der Waals surface area (Å²) in [4.78, 5) is 12.1. The first kappa shape index (κ1) is 17.7. The number of aliphatic hydroxyl groups is 2. The molecule has 0 bridgehead atoms. The second-order valence-corrected chi connectivity index (χ2v) is 10.1. The van der Waals surface area contributed by atoms with Gasteiger partial charge in [0.25, 0.3) is 0 Å². The van der Waals surface area contributed by atoms with Crippen LogP contribution < -0.4 is 0 Å². The molecule has 1 saturated heterocycles. The maximum absolute atomic E-state index is 12.1. The molecule has 0 aromatic carbocycles. The van der Waals surface area contributed by atoms with Crippen molar-refractivity contribution in [3.05, 3.63) is 0 Å². The van der Waals surface area contributed by atoms with Gasteiger partial charge in [0.2, 0.25) is 0 Å². The highest BCUT2D eigenvalue weighted by Gasteiger charge is 2.86. The van der Waals surface area contributed by atoms with E-state index in [4.69, 9.17) is 4.74 Å². The minimum absolute atomic E-state index is 0.0102. The van der Waals surface area contributed by atoms with Crippen LogP contribution in [0.5, 0.6) is 0 Å². The first-order valence-electron chi connectivity index (χ1n) is 9.82. The second kappa shape index (κ2) is 4.99. The topological polar surface area (TPSA) is 90.3 Å². The van der Waals surface area contributed by atoms with E-state index in [-0.39, 0.29) is 29.0 Å². The standard InChI is InChI=1S/C20H32O5/c1-16(9-10-21)7-8-20-18(3)6-4-5-17(2,15(23)24)13(18)11-14(22)19(20,12-16)25-20/h13-14,21-22H,4-12H2,1-3H3,(H,23,24). The number of rotatable bonds is 3. The van der Waals surface area contributed by atoms with Gasteiger partial charge in [-0.15, -0.1) is 0 Å². The molecular weight excluding hydrogens is 320 g/mol. The molecule has 5 heteroatoms. The van der Waals surface area contributed by atoms with Gasteiger partial charge in [-0.25, -0.2) is 0 Å². The molecule has 3 aliphatic carbocycles. The number of ether oxygens (including phenoxy) is 1. The minimum Gasteiger partial charge on any atom is -0.481 e. The number of epoxide rings is 1. The van der Waals surface area contributed by atoms with Gasteiger partial charge in [0.15, 0.2) is 0 Å². The number of fused-ring (bicyclic) bond motifs is 1. The Balaban J connectivity index is 1.74. The smallest absolute Gasteiger partial charge is 0.309 e. The van der Waals surface area contributed by atoms with Crippen molar-refractivity contribution in [2.75, 3.05) is 6.61 Å². The summed E-state index contributed by atoms with van der Waals surface area (Å²) in [5.74, 6) is -0.792. The van der Waals surface area contributed by atoms with Crippen LogP contribution in [0.4, 0.5) is 0 Å². The van der Waals surface area contributed by atoms with Gasteiger partial charge in [0.1, 0.15) is 11.2 Å². The zero-order valence-electron chi connectivity index (χ0n) is 15.7. The number of carboxylic acid groups (broad SMARTS) is 1. The van der Waals surface area contributed by atoms with E-state index in [1.54, 1.807) is 0 Å². The highest BCUT2D eigenvalue weighted by Crippen LogP contribution is 2.78. The van der Waals surface area contributed by atoms with E-state index in [1.807, 2.05) is 6.92 Å². The van der Waals surface area contributed by atoms with Crippen LogP contribution in [0.25, 0.3) is 0 Å². The van der Waals surface area contributed by atoms with Crippen LogP contribution in [0.15, 0.2) is 0 Å². The van der Waals surface area contributed by atoms with Gasteiger partial charge >= 0.3 is 5.97 Å². The molecule has 4 rings (SSSR count). The summed E-state index contributed by atoms with van der Waals surface area (Å²) in [6.07, 6.45) is 5.79. The average Bonchev–Trinajstić information content (AvgIpc) is 3.22. The van der Waals surface area contributed by atoms with E-state index in [0.717, 1.165) is 38.5 Å². The van der Waals surface area contributed by atoms with E-state index in [1.165, 1.54) is 0 Å². The molecule has 4 fully saturated rings. The molecular formula is C20H32O5. The van der Waals surface area contributed by atoms with Crippen molar-refractivity contribution in [2.45, 2.75) is 89.4 Å². The summed E-state index contributed by atoms with van der Waals surface area (Å²) in [6.45, 7) is 6.44. The van der Waals surface area contributed by atoms with Crippen molar-refractivity contribution in [3.63, 3.8) is 0 Å². The average molecular weight is 352 g/mol. The molecule has 142 valence electrons. The fourth-order valence-corrected chi connectivity index (χ4v) is 7.30. The molecule has 25 heavy (non-hydrogen) atoms. The molecule has 3 N–H and O–H groups in total. The molecule has 3 saturated carbocycles. The van der Waals surface area contributed by atoms with Gasteiger partial charge in [0, 0.05) is 12.0 Å². The van der Waals surface area contributed by atoms with Crippen LogP contribution in [0.2, 0.25) is 0 Å². The molecule has 0 aromatic heterocycles. The van der Waals surface area contributed by atoms with E-state index in [2.05, 4.69) is 13.8 Å². The van der Waals surface area contributed by atoms with Crippen LogP contribution in [-0.2, 0) is 9.53 Å². The monoisotopic (exact) mass is 352 g/mol. The molecule has 0 radical (unpaired) electrons. The van der Waals surface area contributed by atoms with Crippen LogP contribution in [0.3, 0.4) is 0 Å². The summed E-state index contributed by atoms with van der Waals surface area (Å²) in [7, 11) is 0. The Bertz CT molecular complexity index is 607. The summed E-state index contributed by atoms with van der Waals surface area (Å²) in [6, 6.07) is 0. The third-order valence-corrected chi connectivity index (χ3v) is 8.82. The third kappa shape index (κ3) is 1.93. The Hall–Kier alpha value is -0.650. The minimum atomic E-state index is -0.785. The van der Waals surface area contributed by atoms with Crippen LogP contribution in [0.1, 0.15) is 72.1 Å². The Morgan fingerprint density at radius 3 is 2.52 bits per heavy atom. The fourth-order valence-electron chi connectivity index (χ4n) is 7.30. The molecule has 0 amide bonds. The molecule has 0 aromatic rings. The van der Waals surface area contributed by atoms with Gasteiger partial charge in [-0.05, 0) is 63.2 Å². The SMILES string of the molecule is CC1(CCO)CCC23OC2(C1)C(O)CC1C(C)(C(=O)O)CCCC13C. The van der Waals surface area contributed by atoms with Gasteiger partial charge < -0.3 is 20.1 Å². The van der Waals surface area contributed by atoms with Crippen LogP contribution in [0, 0.1) is 22.2 Å². The molecule has 1 heterocycles. The Morgan fingerprint density at radius 1 is 1.16 bits per heavy atom. The molecule has 1 aliphatic heterocycles. The predicted octanol–water partition coefficient (Wildman–Crippen LogP) is 2.73. The van der Waals surface area contributed by atoms with Gasteiger partial charge in [0.05, 0.1) is 11.5 Å². The molecule has 0 spiro atoms. The number of carbonyl (C=O) groups is 1. The summed E-state index contributed by atoms with van der Waals surface area (Å²) >= 11 is 0. The van der Waals surface area contributed by atoms with E-state index >= 15 is 0 Å². The lowest BCUT2D eigenvalue weighted by atomic mass is 9.42. The quantitative estimate of drug-likeness (QED) is 0.680. The Morgan fingerprint density at radius 2 is 1.88 bits per heavy atom. The van der Waals surface area contributed by atoms with Crippen molar-refractivity contribution >= 4 is 5.97 Å². The maximum atomic E-state index is 12.1. The predicted molar refractivity (Wildman–Crippen MR) is 92.0 cm³/mol. The van der Waals surface area contributed by atoms with E-state index in [9.17, 15) is 20.1 Å². The lowest BCUT2D eigenvalue weighted by Crippen LogP contribution is -2.64. The van der Waals surface area contributed by atoms with Crippen molar-refractivity contribution in [3.8, 4) is 0 Å². The molecule has 5 nitrogen and oxygen atoms in total. The zero-order chi connectivity index (χ0) is 18.3. The molecule has 7 unspecified atom stereocenters. The van der Waals surface area contributed by atoms with Crippen LogP contribution in [-0.4, -0.2) is 45.2 Å². The molecule has 4 aliphatic rings. The summed E-state index contributed by atoms with van der Waals surface area (Å²) < 4.78 is 6.49. The summed E-state index contributed by atoms with van der Waals surface area (Å²) in [5.41, 5.74) is -1.90. The van der Waals surface area contributed by atoms with Gasteiger partial charge in [-0.1, -0.05) is 20.3 Å². The number of aliphatic carboxylic acids is 1. The Labute approximate surface area is 149 Å². The second-order valence-electron chi connectivity index (χ2n) is 10.1. The number of hydrogen-bond donors (Lipinski definition) is 3. The number of hydrogen-bond acceptors (Lipinski definition) is 4. The Kier molecular flexibility index (Phi) is 3.54. The largest absolute Gasteiger partial charge is 0.481 e. The first-order valence-corrected chi connectivity index (χ1v) is 9.82.